The van der Waals surface area contributed by atoms with Crippen LogP contribution in [-0.2, 0) is 4.74 Å². The Bertz CT molecular complexity index is 581. The number of para-hydroxylation sites is 1. The van der Waals surface area contributed by atoms with Crippen molar-refractivity contribution in [1.29, 1.82) is 0 Å². The van der Waals surface area contributed by atoms with Crippen molar-refractivity contribution in [3.8, 4) is 0 Å². The van der Waals surface area contributed by atoms with Gasteiger partial charge in [-0.1, -0.05) is 18.2 Å². The lowest BCUT2D eigenvalue weighted by Gasteiger charge is -2.10. The highest BCUT2D eigenvalue weighted by Gasteiger charge is 2.15. The molecule has 0 aliphatic heterocycles. The predicted molar refractivity (Wildman–Crippen MR) is 67.2 cm³/mol. The van der Waals surface area contributed by atoms with E-state index in [-0.39, 0.29) is 18.4 Å². The van der Waals surface area contributed by atoms with Gasteiger partial charge in [0.05, 0.1) is 12.1 Å². The van der Waals surface area contributed by atoms with Gasteiger partial charge in [-0.25, -0.2) is 9.78 Å². The minimum Gasteiger partial charge on any atom is -1.00 e. The Kier molecular flexibility index (Phi) is 4.68. The zero-order valence-electron chi connectivity index (χ0n) is 10.7. The van der Waals surface area contributed by atoms with Gasteiger partial charge in [-0.05, 0) is 38.0 Å². The molecule has 0 bridgehead atoms. The second-order valence-corrected chi connectivity index (χ2v) is 3.95. The van der Waals surface area contributed by atoms with E-state index in [9.17, 15) is 4.79 Å². The number of rotatable bonds is 2. The van der Waals surface area contributed by atoms with Crippen LogP contribution in [0.5, 0.6) is 0 Å². The van der Waals surface area contributed by atoms with Crippen molar-refractivity contribution in [2.75, 3.05) is 6.61 Å². The van der Waals surface area contributed by atoms with E-state index in [1.807, 2.05) is 38.1 Å². The summed E-state index contributed by atoms with van der Waals surface area (Å²) in [4.78, 5) is 16.2. The molecule has 1 heterocycles. The van der Waals surface area contributed by atoms with Crippen LogP contribution in [0.15, 0.2) is 24.3 Å². The third kappa shape index (κ3) is 2.46. The fourth-order valence-corrected chi connectivity index (χ4v) is 1.87. The maximum atomic E-state index is 11.8. The van der Waals surface area contributed by atoms with E-state index in [1.54, 1.807) is 6.92 Å². The van der Waals surface area contributed by atoms with Crippen molar-refractivity contribution in [3.63, 3.8) is 0 Å². The monoisotopic (exact) mass is 264 g/mol. The molecule has 96 valence electrons. The first-order valence-electron chi connectivity index (χ1n) is 5.68. The lowest BCUT2D eigenvalue weighted by atomic mass is 10.0. The number of pyridine rings is 1. The summed E-state index contributed by atoms with van der Waals surface area (Å²) in [5, 5.41) is 1.08. The van der Waals surface area contributed by atoms with Gasteiger partial charge in [0.2, 0.25) is 0 Å². The van der Waals surface area contributed by atoms with Crippen LogP contribution in [0.3, 0.4) is 0 Å². The fraction of sp³-hybridized carbons (Fsp3) is 0.286. The molecule has 18 heavy (non-hydrogen) atoms. The second kappa shape index (κ2) is 5.83. The van der Waals surface area contributed by atoms with Crippen LogP contribution >= 0.6 is 0 Å². The van der Waals surface area contributed by atoms with Crippen molar-refractivity contribution in [2.24, 2.45) is 0 Å². The van der Waals surface area contributed by atoms with Crippen LogP contribution in [0.4, 0.5) is 0 Å². The Labute approximate surface area is 113 Å². The van der Waals surface area contributed by atoms with Crippen LogP contribution in [0.2, 0.25) is 0 Å². The summed E-state index contributed by atoms with van der Waals surface area (Å²) < 4.78 is 5.01. The molecule has 1 aromatic heterocycles. The van der Waals surface area contributed by atoms with E-state index in [0.717, 1.165) is 22.0 Å². The van der Waals surface area contributed by atoms with E-state index in [2.05, 4.69) is 4.98 Å². The molecule has 4 heteroatoms. The first-order chi connectivity index (χ1) is 8.15. The zero-order chi connectivity index (χ0) is 12.4. The van der Waals surface area contributed by atoms with Crippen LogP contribution in [0.1, 0.15) is 28.5 Å². The molecule has 0 atom stereocenters. The van der Waals surface area contributed by atoms with Gasteiger partial charge in [0.15, 0.2) is 5.69 Å². The van der Waals surface area contributed by atoms with Crippen molar-refractivity contribution in [2.45, 2.75) is 20.8 Å². The number of aromatic nitrogens is 1. The molecule has 0 amide bonds. The van der Waals surface area contributed by atoms with Gasteiger partial charge in [0, 0.05) is 5.39 Å². The van der Waals surface area contributed by atoms with Crippen molar-refractivity contribution in [3.05, 3.63) is 41.1 Å². The molecule has 0 fully saturated rings. The van der Waals surface area contributed by atoms with Gasteiger partial charge in [0.25, 0.3) is 0 Å². The number of nitrogens with zero attached hydrogens (tertiary/aromatic N) is 1. The summed E-state index contributed by atoms with van der Waals surface area (Å²) in [6.45, 7) is 6.07. The molecule has 2 rings (SSSR count). The van der Waals surface area contributed by atoms with Crippen molar-refractivity contribution >= 4 is 16.9 Å². The highest BCUT2D eigenvalue weighted by molar-refractivity contribution is 5.94. The molecule has 1 aromatic carbocycles. The number of carbonyl (C=O) groups excluding carboxylic acids is 1. The number of halogens is 1. The Balaban J connectivity index is 0.00000162. The topological polar surface area (TPSA) is 39.2 Å². The van der Waals surface area contributed by atoms with Crippen molar-refractivity contribution in [1.82, 2.24) is 4.98 Å². The average Bonchev–Trinajstić information content (AvgIpc) is 2.34. The number of carbonyl (C=O) groups is 1. The fourth-order valence-electron chi connectivity index (χ4n) is 1.87. The number of benzene rings is 1. The molecular formula is C14H15ClNO2-. The van der Waals surface area contributed by atoms with Crippen LogP contribution in [0.25, 0.3) is 10.9 Å². The second-order valence-electron chi connectivity index (χ2n) is 3.95. The number of fused-ring (bicyclic) bond motifs is 1. The Morgan fingerprint density at radius 2 is 1.89 bits per heavy atom. The first-order valence-corrected chi connectivity index (χ1v) is 5.68. The van der Waals surface area contributed by atoms with E-state index in [4.69, 9.17) is 4.74 Å². The maximum Gasteiger partial charge on any atom is 0.357 e. The number of esters is 1. The average molecular weight is 265 g/mol. The summed E-state index contributed by atoms with van der Waals surface area (Å²) in [5.41, 5.74) is 3.22. The van der Waals surface area contributed by atoms with Crippen LogP contribution in [0, 0.1) is 13.8 Å². The van der Waals surface area contributed by atoms with Crippen LogP contribution < -0.4 is 12.4 Å². The first kappa shape index (κ1) is 14.5. The third-order valence-electron chi connectivity index (χ3n) is 2.93. The maximum absolute atomic E-state index is 11.8. The van der Waals surface area contributed by atoms with E-state index in [0.29, 0.717) is 12.3 Å². The number of hydrogen-bond donors (Lipinski definition) is 0. The Hall–Kier alpha value is -1.61. The van der Waals surface area contributed by atoms with Crippen LogP contribution in [-0.4, -0.2) is 17.6 Å². The van der Waals surface area contributed by atoms with E-state index >= 15 is 0 Å². The molecule has 0 unspecified atom stereocenters. The molecule has 0 aliphatic carbocycles. The minimum atomic E-state index is -0.348. The predicted octanol–water partition coefficient (Wildman–Crippen LogP) is 0.0323. The van der Waals surface area contributed by atoms with Gasteiger partial charge >= 0.3 is 5.97 Å². The van der Waals surface area contributed by atoms with Gasteiger partial charge < -0.3 is 17.1 Å². The molecule has 3 nitrogen and oxygen atoms in total. The largest absolute Gasteiger partial charge is 1.00 e. The van der Waals surface area contributed by atoms with Crippen molar-refractivity contribution < 1.29 is 21.9 Å². The molecule has 0 radical (unpaired) electrons. The molecule has 0 spiro atoms. The molecule has 0 aliphatic rings. The highest BCUT2D eigenvalue weighted by atomic mass is 35.5. The van der Waals surface area contributed by atoms with Gasteiger partial charge in [-0.2, -0.15) is 0 Å². The Morgan fingerprint density at radius 1 is 1.22 bits per heavy atom. The van der Waals surface area contributed by atoms with E-state index in [1.165, 1.54) is 0 Å². The summed E-state index contributed by atoms with van der Waals surface area (Å²) in [7, 11) is 0. The zero-order valence-corrected chi connectivity index (χ0v) is 11.4. The van der Waals surface area contributed by atoms with Gasteiger partial charge in [-0.3, -0.25) is 0 Å². The summed E-state index contributed by atoms with van der Waals surface area (Å²) in [5.74, 6) is -0.348. The highest BCUT2D eigenvalue weighted by Crippen LogP contribution is 2.22. The standard InChI is InChI=1S/C14H15NO2.ClH/c1-4-17-14(16)13-10(3)9(2)11-7-5-6-8-12(11)15-13;/h5-8H,4H2,1-3H3;1H/p-1. The smallest absolute Gasteiger partial charge is 0.357 e. The minimum absolute atomic E-state index is 0. The SMILES string of the molecule is CCOC(=O)c1nc2ccccc2c(C)c1C.[Cl-]. The Morgan fingerprint density at radius 3 is 2.56 bits per heavy atom. The molecule has 0 saturated carbocycles. The number of hydrogen-bond acceptors (Lipinski definition) is 3. The summed E-state index contributed by atoms with van der Waals surface area (Å²) in [6, 6.07) is 7.81. The summed E-state index contributed by atoms with van der Waals surface area (Å²) >= 11 is 0. The molecule has 0 N–H and O–H groups in total. The lowest BCUT2D eigenvalue weighted by Crippen LogP contribution is -3.00. The van der Waals surface area contributed by atoms with E-state index < -0.39 is 0 Å². The third-order valence-corrected chi connectivity index (χ3v) is 2.93. The summed E-state index contributed by atoms with van der Waals surface area (Å²) in [6.07, 6.45) is 0. The molecule has 2 aromatic rings. The number of aryl methyl sites for hydroxylation is 1. The number of ether oxygens (including phenoxy) is 1. The molecular weight excluding hydrogens is 250 g/mol. The molecule has 0 saturated heterocycles. The van der Waals surface area contributed by atoms with Gasteiger partial charge in [-0.15, -0.1) is 0 Å². The normalized spacial score (nSPS) is 9.94. The lowest BCUT2D eigenvalue weighted by molar-refractivity contribution is -0.0000218. The quantitative estimate of drug-likeness (QED) is 0.719. The van der Waals surface area contributed by atoms with Gasteiger partial charge in [0.1, 0.15) is 0 Å².